The molecule has 3 rings (SSSR count). The molecule has 0 aliphatic heterocycles. The van der Waals surface area contributed by atoms with Gasteiger partial charge in [0.15, 0.2) is 0 Å². The molecule has 0 aliphatic rings. The van der Waals surface area contributed by atoms with Crippen LogP contribution in [0.5, 0.6) is 0 Å². The van der Waals surface area contributed by atoms with E-state index in [9.17, 15) is 4.79 Å². The van der Waals surface area contributed by atoms with Crippen molar-refractivity contribution in [3.63, 3.8) is 0 Å². The van der Waals surface area contributed by atoms with Crippen LogP contribution in [0.2, 0.25) is 0 Å². The van der Waals surface area contributed by atoms with E-state index >= 15 is 0 Å². The number of amides is 1. The SMILES string of the molecule is Cc1onc(-c2ccccc2)c1C(=O)N(Cc1ccc(N(C)C)cc1)C(C)C. The molecule has 146 valence electrons. The maximum Gasteiger partial charge on any atom is 0.260 e. The van der Waals surface area contributed by atoms with Crippen molar-refractivity contribution in [2.24, 2.45) is 0 Å². The van der Waals surface area contributed by atoms with E-state index in [1.165, 1.54) is 0 Å². The summed E-state index contributed by atoms with van der Waals surface area (Å²) in [5, 5.41) is 4.16. The van der Waals surface area contributed by atoms with Crippen LogP contribution in [-0.2, 0) is 6.54 Å². The Balaban J connectivity index is 1.91. The second-order valence-corrected chi connectivity index (χ2v) is 7.42. The van der Waals surface area contributed by atoms with Crippen molar-refractivity contribution >= 4 is 11.6 Å². The van der Waals surface area contributed by atoms with Gasteiger partial charge in [-0.05, 0) is 38.5 Å². The van der Waals surface area contributed by atoms with Gasteiger partial charge in [-0.3, -0.25) is 4.79 Å². The molecule has 0 atom stereocenters. The fourth-order valence-corrected chi connectivity index (χ4v) is 3.15. The third kappa shape index (κ3) is 4.09. The van der Waals surface area contributed by atoms with Crippen molar-refractivity contribution in [1.82, 2.24) is 10.1 Å². The number of benzene rings is 2. The fourth-order valence-electron chi connectivity index (χ4n) is 3.15. The van der Waals surface area contributed by atoms with Gasteiger partial charge in [-0.1, -0.05) is 47.6 Å². The minimum atomic E-state index is -0.0655. The van der Waals surface area contributed by atoms with E-state index in [-0.39, 0.29) is 11.9 Å². The Hall–Kier alpha value is -3.08. The third-order valence-electron chi connectivity index (χ3n) is 4.81. The molecule has 0 N–H and O–H groups in total. The van der Waals surface area contributed by atoms with Gasteiger partial charge in [-0.25, -0.2) is 0 Å². The number of rotatable bonds is 6. The monoisotopic (exact) mass is 377 g/mol. The molecule has 0 saturated carbocycles. The Kier molecular flexibility index (Phi) is 5.83. The minimum Gasteiger partial charge on any atom is -0.378 e. The smallest absolute Gasteiger partial charge is 0.260 e. The van der Waals surface area contributed by atoms with E-state index in [0.717, 1.165) is 16.8 Å². The molecule has 0 radical (unpaired) electrons. The molecule has 5 nitrogen and oxygen atoms in total. The van der Waals surface area contributed by atoms with Crippen LogP contribution in [0.1, 0.15) is 35.5 Å². The molecule has 3 aromatic rings. The van der Waals surface area contributed by atoms with Crippen LogP contribution in [0.3, 0.4) is 0 Å². The Labute approximate surface area is 166 Å². The molecule has 28 heavy (non-hydrogen) atoms. The lowest BCUT2D eigenvalue weighted by molar-refractivity contribution is 0.0689. The molecule has 1 heterocycles. The van der Waals surface area contributed by atoms with Crippen LogP contribution in [0.25, 0.3) is 11.3 Å². The van der Waals surface area contributed by atoms with Gasteiger partial charge < -0.3 is 14.3 Å². The molecular weight excluding hydrogens is 350 g/mol. The molecule has 0 saturated heterocycles. The van der Waals surface area contributed by atoms with Crippen molar-refractivity contribution in [1.29, 1.82) is 0 Å². The molecule has 5 heteroatoms. The zero-order chi connectivity index (χ0) is 20.3. The summed E-state index contributed by atoms with van der Waals surface area (Å²) in [5.41, 5.74) is 4.22. The second kappa shape index (κ2) is 8.30. The van der Waals surface area contributed by atoms with Crippen LogP contribution in [0, 0.1) is 6.92 Å². The Bertz CT molecular complexity index is 928. The molecule has 1 amide bonds. The van der Waals surface area contributed by atoms with Crippen molar-refractivity contribution in [2.75, 3.05) is 19.0 Å². The molecule has 0 spiro atoms. The summed E-state index contributed by atoms with van der Waals surface area (Å²) in [6.45, 7) is 6.37. The lowest BCUT2D eigenvalue weighted by Crippen LogP contribution is -2.36. The van der Waals surface area contributed by atoms with Gasteiger partial charge >= 0.3 is 0 Å². The number of carbonyl (C=O) groups excluding carboxylic acids is 1. The van der Waals surface area contributed by atoms with Crippen LogP contribution in [0.4, 0.5) is 5.69 Å². The second-order valence-electron chi connectivity index (χ2n) is 7.42. The van der Waals surface area contributed by atoms with E-state index in [2.05, 4.69) is 34.3 Å². The summed E-state index contributed by atoms with van der Waals surface area (Å²) in [6, 6.07) is 18.0. The van der Waals surface area contributed by atoms with Gasteiger partial charge in [0, 0.05) is 37.9 Å². The number of nitrogens with zero attached hydrogens (tertiary/aromatic N) is 3. The van der Waals surface area contributed by atoms with Crippen molar-refractivity contribution < 1.29 is 9.32 Å². The van der Waals surface area contributed by atoms with Crippen LogP contribution < -0.4 is 4.90 Å². The lowest BCUT2D eigenvalue weighted by atomic mass is 10.0. The van der Waals surface area contributed by atoms with E-state index in [1.54, 1.807) is 6.92 Å². The predicted octanol–water partition coefficient (Wildman–Crippen LogP) is 4.77. The first kappa shape index (κ1) is 19.7. The summed E-state index contributed by atoms with van der Waals surface area (Å²) < 4.78 is 5.39. The van der Waals surface area contributed by atoms with Crippen LogP contribution in [0.15, 0.2) is 59.1 Å². The quantitative estimate of drug-likeness (QED) is 0.621. The first-order chi connectivity index (χ1) is 13.4. The van der Waals surface area contributed by atoms with Gasteiger partial charge in [0.1, 0.15) is 17.0 Å². The zero-order valence-corrected chi connectivity index (χ0v) is 17.1. The zero-order valence-electron chi connectivity index (χ0n) is 17.1. The van der Waals surface area contributed by atoms with Gasteiger partial charge in [-0.2, -0.15) is 0 Å². The normalized spacial score (nSPS) is 10.9. The van der Waals surface area contributed by atoms with Crippen molar-refractivity contribution in [2.45, 2.75) is 33.4 Å². The molecular formula is C23H27N3O2. The number of carbonyl (C=O) groups is 1. The highest BCUT2D eigenvalue weighted by Crippen LogP contribution is 2.27. The fraction of sp³-hybridized carbons (Fsp3) is 0.304. The number of aromatic nitrogens is 1. The Morgan fingerprint density at radius 2 is 1.68 bits per heavy atom. The summed E-state index contributed by atoms with van der Waals surface area (Å²) >= 11 is 0. The van der Waals surface area contributed by atoms with Gasteiger partial charge in [0.05, 0.1) is 0 Å². The molecule has 0 bridgehead atoms. The number of aryl methyl sites for hydroxylation is 1. The van der Waals surface area contributed by atoms with Crippen molar-refractivity contribution in [3.8, 4) is 11.3 Å². The number of anilines is 1. The molecule has 1 aromatic heterocycles. The van der Waals surface area contributed by atoms with Crippen LogP contribution in [-0.4, -0.2) is 36.1 Å². The highest BCUT2D eigenvalue weighted by molar-refractivity contribution is 6.00. The first-order valence-corrected chi connectivity index (χ1v) is 9.47. The van der Waals surface area contributed by atoms with E-state index in [0.29, 0.717) is 23.6 Å². The summed E-state index contributed by atoms with van der Waals surface area (Å²) in [5.74, 6) is 0.474. The molecule has 2 aromatic carbocycles. The molecule has 0 fully saturated rings. The molecule has 0 unspecified atom stereocenters. The maximum atomic E-state index is 13.5. The van der Waals surface area contributed by atoms with Gasteiger partial charge in [0.25, 0.3) is 5.91 Å². The lowest BCUT2D eigenvalue weighted by Gasteiger charge is -2.27. The highest BCUT2D eigenvalue weighted by atomic mass is 16.5. The Morgan fingerprint density at radius 3 is 2.25 bits per heavy atom. The largest absolute Gasteiger partial charge is 0.378 e. The van der Waals surface area contributed by atoms with Gasteiger partial charge in [0.2, 0.25) is 0 Å². The van der Waals surface area contributed by atoms with E-state index in [4.69, 9.17) is 4.52 Å². The molecule has 0 aliphatic carbocycles. The first-order valence-electron chi connectivity index (χ1n) is 9.47. The summed E-state index contributed by atoms with van der Waals surface area (Å²) in [4.78, 5) is 17.4. The maximum absolute atomic E-state index is 13.5. The average molecular weight is 377 g/mol. The van der Waals surface area contributed by atoms with E-state index in [1.807, 2.05) is 63.2 Å². The topological polar surface area (TPSA) is 49.6 Å². The van der Waals surface area contributed by atoms with Crippen molar-refractivity contribution in [3.05, 3.63) is 71.5 Å². The summed E-state index contributed by atoms with van der Waals surface area (Å²) in [6.07, 6.45) is 0. The third-order valence-corrected chi connectivity index (χ3v) is 4.81. The highest BCUT2D eigenvalue weighted by Gasteiger charge is 2.27. The standard InChI is InChI=1S/C23H27N3O2/c1-16(2)26(15-18-11-13-20(14-12-18)25(4)5)23(27)21-17(3)28-24-22(21)19-9-7-6-8-10-19/h6-14,16H,15H2,1-5H3. The van der Waals surface area contributed by atoms with Crippen LogP contribution >= 0.6 is 0 Å². The number of hydrogen-bond donors (Lipinski definition) is 0. The average Bonchev–Trinajstić information content (AvgIpc) is 3.08. The van der Waals surface area contributed by atoms with Gasteiger partial charge in [-0.15, -0.1) is 0 Å². The minimum absolute atomic E-state index is 0.0407. The predicted molar refractivity (Wildman–Crippen MR) is 112 cm³/mol. The number of hydrogen-bond acceptors (Lipinski definition) is 4. The summed E-state index contributed by atoms with van der Waals surface area (Å²) in [7, 11) is 4.03. The Morgan fingerprint density at radius 1 is 1.04 bits per heavy atom. The van der Waals surface area contributed by atoms with E-state index < -0.39 is 0 Å².